The standard InChI is InChI=1S/C15H20BrClO/c1-10-5-6-15(18,8-11(10)2)9-12-3-4-13(16)7-14(12)17/h3-4,7,10-11,18H,5-6,8-9H2,1-2H3. The van der Waals surface area contributed by atoms with Crippen molar-refractivity contribution in [3.63, 3.8) is 0 Å². The lowest BCUT2D eigenvalue weighted by atomic mass is 9.71. The van der Waals surface area contributed by atoms with Crippen molar-refractivity contribution in [1.29, 1.82) is 0 Å². The maximum absolute atomic E-state index is 10.7. The molecule has 0 saturated heterocycles. The van der Waals surface area contributed by atoms with E-state index in [4.69, 9.17) is 11.6 Å². The molecule has 1 aliphatic carbocycles. The zero-order chi connectivity index (χ0) is 13.3. The molecule has 1 aromatic rings. The summed E-state index contributed by atoms with van der Waals surface area (Å²) >= 11 is 9.64. The molecule has 1 saturated carbocycles. The van der Waals surface area contributed by atoms with Crippen LogP contribution >= 0.6 is 27.5 Å². The third-order valence-electron chi connectivity index (χ3n) is 4.27. The molecule has 18 heavy (non-hydrogen) atoms. The molecule has 0 amide bonds. The second-order valence-corrected chi connectivity index (χ2v) is 7.16. The van der Waals surface area contributed by atoms with Gasteiger partial charge in [0.05, 0.1) is 5.60 Å². The van der Waals surface area contributed by atoms with Crippen LogP contribution in [0.5, 0.6) is 0 Å². The van der Waals surface area contributed by atoms with Crippen molar-refractivity contribution in [1.82, 2.24) is 0 Å². The van der Waals surface area contributed by atoms with Crippen LogP contribution in [0.4, 0.5) is 0 Å². The van der Waals surface area contributed by atoms with Crippen LogP contribution in [-0.4, -0.2) is 10.7 Å². The van der Waals surface area contributed by atoms with Gasteiger partial charge in [0.15, 0.2) is 0 Å². The van der Waals surface area contributed by atoms with Gasteiger partial charge in [-0.1, -0.05) is 47.4 Å². The van der Waals surface area contributed by atoms with Crippen molar-refractivity contribution in [3.05, 3.63) is 33.3 Å². The van der Waals surface area contributed by atoms with E-state index in [-0.39, 0.29) is 0 Å². The fraction of sp³-hybridized carbons (Fsp3) is 0.600. The smallest absolute Gasteiger partial charge is 0.0691 e. The Kier molecular flexibility index (Phi) is 4.40. The first kappa shape index (κ1) is 14.4. The third kappa shape index (κ3) is 3.28. The highest BCUT2D eigenvalue weighted by Crippen LogP contribution is 2.39. The van der Waals surface area contributed by atoms with E-state index in [9.17, 15) is 5.11 Å². The van der Waals surface area contributed by atoms with Crippen LogP contribution in [0.3, 0.4) is 0 Å². The van der Waals surface area contributed by atoms with Crippen molar-refractivity contribution in [2.24, 2.45) is 11.8 Å². The van der Waals surface area contributed by atoms with E-state index in [0.29, 0.717) is 18.3 Å². The minimum atomic E-state index is -0.580. The Labute approximate surface area is 123 Å². The molecule has 1 fully saturated rings. The lowest BCUT2D eigenvalue weighted by Gasteiger charge is -2.39. The third-order valence-corrected chi connectivity index (χ3v) is 5.12. The Morgan fingerprint density at radius 2 is 2.11 bits per heavy atom. The molecule has 1 N–H and O–H groups in total. The summed E-state index contributed by atoms with van der Waals surface area (Å²) in [6.07, 6.45) is 3.52. The quantitative estimate of drug-likeness (QED) is 0.822. The first-order valence-electron chi connectivity index (χ1n) is 6.56. The van der Waals surface area contributed by atoms with Gasteiger partial charge in [0, 0.05) is 15.9 Å². The number of hydrogen-bond acceptors (Lipinski definition) is 1. The van der Waals surface area contributed by atoms with Crippen LogP contribution in [0.25, 0.3) is 0 Å². The summed E-state index contributed by atoms with van der Waals surface area (Å²) < 4.78 is 0.980. The predicted molar refractivity (Wildman–Crippen MR) is 80.0 cm³/mol. The molecular formula is C15H20BrClO. The van der Waals surface area contributed by atoms with E-state index in [1.54, 1.807) is 0 Å². The molecule has 0 radical (unpaired) electrons. The van der Waals surface area contributed by atoms with Crippen LogP contribution in [0.2, 0.25) is 5.02 Å². The minimum absolute atomic E-state index is 0.580. The van der Waals surface area contributed by atoms with Gasteiger partial charge in [0.1, 0.15) is 0 Å². The second-order valence-electron chi connectivity index (χ2n) is 5.83. The van der Waals surface area contributed by atoms with Gasteiger partial charge in [0.25, 0.3) is 0 Å². The Morgan fingerprint density at radius 1 is 1.39 bits per heavy atom. The van der Waals surface area contributed by atoms with Crippen LogP contribution in [0, 0.1) is 11.8 Å². The highest BCUT2D eigenvalue weighted by atomic mass is 79.9. The first-order chi connectivity index (χ1) is 8.39. The monoisotopic (exact) mass is 330 g/mol. The Morgan fingerprint density at radius 3 is 2.72 bits per heavy atom. The molecule has 1 aliphatic rings. The van der Waals surface area contributed by atoms with Gasteiger partial charge in [-0.3, -0.25) is 0 Å². The van der Waals surface area contributed by atoms with Gasteiger partial charge >= 0.3 is 0 Å². The molecule has 0 heterocycles. The van der Waals surface area contributed by atoms with Gasteiger partial charge < -0.3 is 5.11 Å². The molecule has 1 aromatic carbocycles. The average Bonchev–Trinajstić information content (AvgIpc) is 2.28. The van der Waals surface area contributed by atoms with Crippen molar-refractivity contribution < 1.29 is 5.11 Å². The molecule has 0 aromatic heterocycles. The van der Waals surface area contributed by atoms with E-state index in [1.165, 1.54) is 0 Å². The van der Waals surface area contributed by atoms with Gasteiger partial charge in [-0.15, -0.1) is 0 Å². The summed E-state index contributed by atoms with van der Waals surface area (Å²) in [5, 5.41) is 11.5. The summed E-state index contributed by atoms with van der Waals surface area (Å²) in [6, 6.07) is 5.89. The lowest BCUT2D eigenvalue weighted by Crippen LogP contribution is -2.39. The lowest BCUT2D eigenvalue weighted by molar-refractivity contribution is -0.0279. The van der Waals surface area contributed by atoms with Crippen LogP contribution < -0.4 is 0 Å². The molecule has 100 valence electrons. The summed E-state index contributed by atoms with van der Waals surface area (Å²) in [6.45, 7) is 4.51. The van der Waals surface area contributed by atoms with E-state index < -0.39 is 5.60 Å². The van der Waals surface area contributed by atoms with Crippen LogP contribution in [0.15, 0.2) is 22.7 Å². The van der Waals surface area contributed by atoms with Crippen molar-refractivity contribution >= 4 is 27.5 Å². The fourth-order valence-corrected chi connectivity index (χ4v) is 3.60. The number of aliphatic hydroxyl groups is 1. The van der Waals surface area contributed by atoms with Crippen LogP contribution in [-0.2, 0) is 6.42 Å². The molecule has 0 aliphatic heterocycles. The minimum Gasteiger partial charge on any atom is -0.390 e. The highest BCUT2D eigenvalue weighted by Gasteiger charge is 2.36. The molecule has 0 bridgehead atoms. The van der Waals surface area contributed by atoms with Gasteiger partial charge in [0.2, 0.25) is 0 Å². The maximum Gasteiger partial charge on any atom is 0.0691 e. The zero-order valence-electron chi connectivity index (χ0n) is 10.9. The Hall–Kier alpha value is -0.0500. The molecule has 0 spiro atoms. The summed E-state index contributed by atoms with van der Waals surface area (Å²) in [4.78, 5) is 0. The van der Waals surface area contributed by atoms with E-state index >= 15 is 0 Å². The summed E-state index contributed by atoms with van der Waals surface area (Å²) in [5.74, 6) is 1.30. The van der Waals surface area contributed by atoms with E-state index in [0.717, 1.165) is 34.3 Å². The molecular weight excluding hydrogens is 312 g/mol. The number of halogens is 2. The normalized spacial score (nSPS) is 32.5. The van der Waals surface area contributed by atoms with E-state index in [1.807, 2.05) is 18.2 Å². The molecule has 3 heteroatoms. The first-order valence-corrected chi connectivity index (χ1v) is 7.73. The van der Waals surface area contributed by atoms with E-state index in [2.05, 4.69) is 29.8 Å². The Balaban J connectivity index is 2.13. The SMILES string of the molecule is CC1CCC(O)(Cc2ccc(Br)cc2Cl)CC1C. The van der Waals surface area contributed by atoms with Gasteiger partial charge in [-0.25, -0.2) is 0 Å². The summed E-state index contributed by atoms with van der Waals surface area (Å²) in [5.41, 5.74) is 0.466. The van der Waals surface area contributed by atoms with Gasteiger partial charge in [-0.2, -0.15) is 0 Å². The van der Waals surface area contributed by atoms with Crippen molar-refractivity contribution in [2.75, 3.05) is 0 Å². The van der Waals surface area contributed by atoms with Crippen LogP contribution in [0.1, 0.15) is 38.7 Å². The summed E-state index contributed by atoms with van der Waals surface area (Å²) in [7, 11) is 0. The molecule has 3 unspecified atom stereocenters. The zero-order valence-corrected chi connectivity index (χ0v) is 13.3. The number of rotatable bonds is 2. The number of hydrogen-bond donors (Lipinski definition) is 1. The van der Waals surface area contributed by atoms with Crippen molar-refractivity contribution in [2.45, 2.75) is 45.1 Å². The Bertz CT molecular complexity index is 435. The predicted octanol–water partition coefficient (Wildman–Crippen LogP) is 4.83. The van der Waals surface area contributed by atoms with Crippen molar-refractivity contribution in [3.8, 4) is 0 Å². The molecule has 2 rings (SSSR count). The number of benzene rings is 1. The largest absolute Gasteiger partial charge is 0.390 e. The molecule has 3 atom stereocenters. The molecule has 1 nitrogen and oxygen atoms in total. The fourth-order valence-electron chi connectivity index (χ4n) is 2.86. The second kappa shape index (κ2) is 5.52. The van der Waals surface area contributed by atoms with Gasteiger partial charge in [-0.05, 0) is 48.8 Å². The average molecular weight is 332 g/mol. The highest BCUT2D eigenvalue weighted by molar-refractivity contribution is 9.10. The topological polar surface area (TPSA) is 20.2 Å². The maximum atomic E-state index is 10.7.